The number of benzene rings is 2. The highest BCUT2D eigenvalue weighted by Crippen LogP contribution is 2.50. The summed E-state index contributed by atoms with van der Waals surface area (Å²) in [4.78, 5) is 24.4. The van der Waals surface area contributed by atoms with E-state index in [2.05, 4.69) is 19.8 Å². The second kappa shape index (κ2) is 10.7. The lowest BCUT2D eigenvalue weighted by Gasteiger charge is -2.23. The Balaban J connectivity index is 1.26. The predicted molar refractivity (Wildman–Crippen MR) is 159 cm³/mol. The maximum atomic E-state index is 13.6. The molecule has 1 aliphatic carbocycles. The molecule has 1 saturated carbocycles. The molecular formula is C30H31ClN6O4S. The van der Waals surface area contributed by atoms with E-state index >= 15 is 0 Å². The molecule has 1 aliphatic heterocycles. The van der Waals surface area contributed by atoms with Crippen LogP contribution in [0, 0.1) is 13.8 Å². The Labute approximate surface area is 249 Å². The molecule has 1 saturated heterocycles. The molecule has 1 atom stereocenters. The van der Waals surface area contributed by atoms with E-state index in [9.17, 15) is 13.2 Å². The van der Waals surface area contributed by atoms with E-state index < -0.39 is 15.4 Å². The molecule has 218 valence electrons. The lowest BCUT2D eigenvalue weighted by atomic mass is 9.94. The monoisotopic (exact) mass is 606 g/mol. The molecular weight excluding hydrogens is 576 g/mol. The van der Waals surface area contributed by atoms with E-state index in [0.717, 1.165) is 35.1 Å². The summed E-state index contributed by atoms with van der Waals surface area (Å²) in [6.07, 6.45) is 4.59. The third-order valence-corrected chi connectivity index (χ3v) is 9.47. The van der Waals surface area contributed by atoms with Crippen LogP contribution in [0.25, 0.3) is 11.3 Å². The van der Waals surface area contributed by atoms with Crippen LogP contribution in [0.1, 0.15) is 36.0 Å². The first-order valence-corrected chi connectivity index (χ1v) is 15.6. The SMILES string of the molecule is Cc1cccc(C)c1-c1cc(OC2CCN(C(=O)C3(c4ccc(Cl)cc4)CC3)C2)nc(NS(=O)(=O)c2cnn(C)c2)n1. The second-order valence-electron chi connectivity index (χ2n) is 11.0. The summed E-state index contributed by atoms with van der Waals surface area (Å²) in [5.41, 5.74) is 3.85. The predicted octanol–water partition coefficient (Wildman–Crippen LogP) is 4.66. The number of hydrogen-bond donors (Lipinski definition) is 1. The fourth-order valence-electron chi connectivity index (χ4n) is 5.60. The summed E-state index contributed by atoms with van der Waals surface area (Å²) < 4.78 is 36.3. The summed E-state index contributed by atoms with van der Waals surface area (Å²) in [7, 11) is -2.35. The van der Waals surface area contributed by atoms with Gasteiger partial charge in [0.1, 0.15) is 11.0 Å². The number of hydrogen-bond acceptors (Lipinski definition) is 7. The van der Waals surface area contributed by atoms with Crippen LogP contribution >= 0.6 is 11.6 Å². The first-order chi connectivity index (χ1) is 20.0. The fraction of sp³-hybridized carbons (Fsp3) is 0.333. The van der Waals surface area contributed by atoms with E-state index in [-0.39, 0.29) is 28.7 Å². The van der Waals surface area contributed by atoms with Crippen LogP contribution in [0.4, 0.5) is 5.95 Å². The van der Waals surface area contributed by atoms with Gasteiger partial charge in [0.25, 0.3) is 10.0 Å². The Kier molecular flexibility index (Phi) is 7.18. The highest BCUT2D eigenvalue weighted by molar-refractivity contribution is 7.92. The van der Waals surface area contributed by atoms with Gasteiger partial charge in [0.05, 0.1) is 23.9 Å². The zero-order valence-electron chi connectivity index (χ0n) is 23.5. The van der Waals surface area contributed by atoms with Crippen molar-refractivity contribution >= 4 is 33.5 Å². The molecule has 1 amide bonds. The van der Waals surface area contributed by atoms with Crippen molar-refractivity contribution in [2.24, 2.45) is 7.05 Å². The molecule has 2 aliphatic rings. The minimum Gasteiger partial charge on any atom is -0.472 e. The molecule has 12 heteroatoms. The molecule has 1 N–H and O–H groups in total. The van der Waals surface area contributed by atoms with Gasteiger partial charge >= 0.3 is 0 Å². The van der Waals surface area contributed by atoms with Crippen molar-refractivity contribution < 1.29 is 17.9 Å². The Hall–Kier alpha value is -3.96. The van der Waals surface area contributed by atoms with Gasteiger partial charge in [-0.3, -0.25) is 9.48 Å². The minimum absolute atomic E-state index is 0.00631. The smallest absolute Gasteiger partial charge is 0.267 e. The lowest BCUT2D eigenvalue weighted by Crippen LogP contribution is -2.38. The number of amides is 1. The number of nitrogens with zero attached hydrogens (tertiary/aromatic N) is 5. The Bertz CT molecular complexity index is 1750. The largest absolute Gasteiger partial charge is 0.472 e. The Morgan fingerprint density at radius 2 is 1.81 bits per heavy atom. The zero-order chi connectivity index (χ0) is 29.6. The van der Waals surface area contributed by atoms with Crippen LogP contribution < -0.4 is 9.46 Å². The number of carbonyl (C=O) groups is 1. The highest BCUT2D eigenvalue weighted by atomic mass is 35.5. The Morgan fingerprint density at radius 1 is 1.10 bits per heavy atom. The van der Waals surface area contributed by atoms with E-state index in [1.54, 1.807) is 13.1 Å². The van der Waals surface area contributed by atoms with Crippen LogP contribution in [-0.2, 0) is 27.3 Å². The van der Waals surface area contributed by atoms with Crippen LogP contribution in [-0.4, -0.2) is 58.2 Å². The minimum atomic E-state index is -3.99. The van der Waals surface area contributed by atoms with Gasteiger partial charge in [-0.05, 0) is 55.5 Å². The summed E-state index contributed by atoms with van der Waals surface area (Å²) in [5.74, 6) is 0.212. The van der Waals surface area contributed by atoms with Gasteiger partial charge in [0.15, 0.2) is 0 Å². The number of nitrogens with one attached hydrogen (secondary N) is 1. The first-order valence-electron chi connectivity index (χ1n) is 13.7. The molecule has 1 unspecified atom stereocenters. The van der Waals surface area contributed by atoms with Crippen molar-refractivity contribution in [1.29, 1.82) is 0 Å². The van der Waals surface area contributed by atoms with Crippen molar-refractivity contribution in [3.05, 3.63) is 82.6 Å². The summed E-state index contributed by atoms with van der Waals surface area (Å²) in [6.45, 7) is 4.92. The van der Waals surface area contributed by atoms with Gasteiger partial charge in [-0.25, -0.2) is 18.1 Å². The average Bonchev–Trinajstić information content (AvgIpc) is 3.40. The van der Waals surface area contributed by atoms with Gasteiger partial charge in [0, 0.05) is 42.9 Å². The highest BCUT2D eigenvalue weighted by Gasteiger charge is 2.53. The number of anilines is 1. The standard InChI is InChI=1S/C30H31ClN6O4S/c1-19-5-4-6-20(2)27(19)25-15-26(34-29(33-25)35-42(39,40)24-16-32-36(3)18-24)41-23-11-14-37(17-23)28(38)30(12-13-30)21-7-9-22(31)10-8-21/h4-10,15-16,18,23H,11-14,17H2,1-3H3,(H,33,34,35). The lowest BCUT2D eigenvalue weighted by molar-refractivity contribution is -0.133. The van der Waals surface area contributed by atoms with E-state index in [1.165, 1.54) is 17.1 Å². The van der Waals surface area contributed by atoms with Crippen LogP contribution in [0.2, 0.25) is 5.02 Å². The topological polar surface area (TPSA) is 119 Å². The van der Waals surface area contributed by atoms with Crippen molar-refractivity contribution in [3.63, 3.8) is 0 Å². The zero-order valence-corrected chi connectivity index (χ0v) is 25.1. The molecule has 0 spiro atoms. The normalized spacial score (nSPS) is 17.7. The van der Waals surface area contributed by atoms with Crippen LogP contribution in [0.5, 0.6) is 5.88 Å². The van der Waals surface area contributed by atoms with Gasteiger partial charge in [-0.2, -0.15) is 10.1 Å². The molecule has 42 heavy (non-hydrogen) atoms. The quantitative estimate of drug-likeness (QED) is 0.310. The molecule has 2 aromatic heterocycles. The van der Waals surface area contributed by atoms with E-state index in [4.69, 9.17) is 16.3 Å². The number of aromatic nitrogens is 4. The van der Waals surface area contributed by atoms with Gasteiger partial charge in [-0.1, -0.05) is 41.9 Å². The second-order valence-corrected chi connectivity index (χ2v) is 13.1. The van der Waals surface area contributed by atoms with Crippen molar-refractivity contribution in [1.82, 2.24) is 24.6 Å². The molecule has 3 heterocycles. The number of aryl methyl sites for hydroxylation is 3. The van der Waals surface area contributed by atoms with Crippen molar-refractivity contribution in [3.8, 4) is 17.1 Å². The molecule has 0 radical (unpaired) electrons. The maximum Gasteiger partial charge on any atom is 0.267 e. The van der Waals surface area contributed by atoms with Gasteiger partial charge in [-0.15, -0.1) is 0 Å². The van der Waals surface area contributed by atoms with Crippen molar-refractivity contribution in [2.75, 3.05) is 17.8 Å². The Morgan fingerprint density at radius 3 is 2.45 bits per heavy atom. The molecule has 2 fully saturated rings. The molecule has 4 aromatic rings. The molecule has 6 rings (SSSR count). The number of carbonyl (C=O) groups excluding carboxylic acids is 1. The van der Waals surface area contributed by atoms with Crippen LogP contribution in [0.3, 0.4) is 0 Å². The third-order valence-electron chi connectivity index (χ3n) is 7.93. The number of likely N-dealkylation sites (tertiary alicyclic amines) is 1. The number of halogens is 1. The van der Waals surface area contributed by atoms with Crippen molar-refractivity contribution in [2.45, 2.75) is 49.5 Å². The average molecular weight is 607 g/mol. The van der Waals surface area contributed by atoms with Gasteiger partial charge in [0.2, 0.25) is 17.7 Å². The third kappa shape index (κ3) is 5.46. The van der Waals surface area contributed by atoms with E-state index in [0.29, 0.717) is 30.2 Å². The number of ether oxygens (including phenoxy) is 1. The van der Waals surface area contributed by atoms with E-state index in [1.807, 2.05) is 61.2 Å². The summed E-state index contributed by atoms with van der Waals surface area (Å²) in [5, 5.41) is 4.60. The van der Waals surface area contributed by atoms with Crippen LogP contribution in [0.15, 0.2) is 65.8 Å². The van der Waals surface area contributed by atoms with Gasteiger partial charge < -0.3 is 9.64 Å². The molecule has 2 aromatic carbocycles. The molecule has 0 bridgehead atoms. The maximum absolute atomic E-state index is 13.6. The fourth-order valence-corrected chi connectivity index (χ4v) is 6.65. The summed E-state index contributed by atoms with van der Waals surface area (Å²) in [6, 6.07) is 15.1. The summed E-state index contributed by atoms with van der Waals surface area (Å²) >= 11 is 6.07. The number of rotatable bonds is 8. The molecule has 10 nitrogen and oxygen atoms in total. The first kappa shape index (κ1) is 28.2. The number of sulfonamides is 1.